The van der Waals surface area contributed by atoms with E-state index >= 15 is 0 Å². The highest BCUT2D eigenvalue weighted by atomic mass is 32.2. The molecule has 3 N–H and O–H groups in total. The molecule has 0 saturated heterocycles. The van der Waals surface area contributed by atoms with Gasteiger partial charge in [0.2, 0.25) is 11.8 Å². The van der Waals surface area contributed by atoms with Crippen molar-refractivity contribution < 1.29 is 14.7 Å². The Kier molecular flexibility index (Phi) is 4.93. The Morgan fingerprint density at radius 2 is 2.00 bits per heavy atom. The molecule has 3 heterocycles. The molecule has 8 nitrogen and oxygen atoms in total. The molecule has 31 heavy (non-hydrogen) atoms. The standard InChI is InChI=1S/C20H13N5O3S3/c26-14(9-30-19-22-12-7-3-4-8-13(12)23-19)24-25-18(28)16(31-20(25)29)15-10-5-1-2-6-11(10)21-17(15)27/h1-8,28H,9H2,(H,22,23)(H,24,26). The lowest BCUT2D eigenvalue weighted by Crippen LogP contribution is -2.24. The molecule has 0 radical (unpaired) electrons. The van der Waals surface area contributed by atoms with Crippen LogP contribution >= 0.6 is 35.3 Å². The Balaban J connectivity index is 1.38. The number of hydrogen-bond acceptors (Lipinski definition) is 7. The minimum absolute atomic E-state index is 0.0554. The van der Waals surface area contributed by atoms with Crippen LogP contribution < -0.4 is 16.0 Å². The molecule has 0 unspecified atom stereocenters. The van der Waals surface area contributed by atoms with Crippen molar-refractivity contribution in [2.24, 2.45) is 4.99 Å². The number of thiazole rings is 1. The third-order valence-corrected chi connectivity index (χ3v) is 6.82. The van der Waals surface area contributed by atoms with Gasteiger partial charge in [-0.2, -0.15) is 4.68 Å². The molecule has 2 amide bonds. The van der Waals surface area contributed by atoms with Gasteiger partial charge in [-0.1, -0.05) is 53.4 Å². The SMILES string of the molecule is O=C(CSc1nc2ccccc2[nH]1)Nn1c(O)c(C2=c3ccccc3=NC2=O)sc1=S. The first-order chi connectivity index (χ1) is 15.0. The first-order valence-electron chi connectivity index (χ1n) is 9.06. The van der Waals surface area contributed by atoms with Gasteiger partial charge in [-0.25, -0.2) is 9.98 Å². The van der Waals surface area contributed by atoms with Gasteiger partial charge in [0.25, 0.3) is 5.91 Å². The number of nitrogens with one attached hydrogen (secondary N) is 2. The second-order valence-electron chi connectivity index (χ2n) is 6.55. The summed E-state index contributed by atoms with van der Waals surface area (Å²) in [5.41, 5.74) is 4.56. The molecule has 0 aliphatic carbocycles. The van der Waals surface area contributed by atoms with E-state index in [4.69, 9.17) is 12.2 Å². The number of hydrogen-bond donors (Lipinski definition) is 3. The van der Waals surface area contributed by atoms with Gasteiger partial charge in [0.05, 0.1) is 27.7 Å². The van der Waals surface area contributed by atoms with Gasteiger partial charge in [0.15, 0.2) is 9.11 Å². The van der Waals surface area contributed by atoms with Crippen molar-refractivity contribution in [3.05, 3.63) is 67.9 Å². The lowest BCUT2D eigenvalue weighted by molar-refractivity contribution is -0.115. The molecule has 0 atom stereocenters. The summed E-state index contributed by atoms with van der Waals surface area (Å²) >= 11 is 7.56. The fraction of sp³-hybridized carbons (Fsp3) is 0.0500. The lowest BCUT2D eigenvalue weighted by atomic mass is 10.1. The van der Waals surface area contributed by atoms with Crippen LogP contribution in [-0.2, 0) is 9.59 Å². The Morgan fingerprint density at radius 1 is 1.23 bits per heavy atom. The molecule has 0 bridgehead atoms. The Labute approximate surface area is 188 Å². The van der Waals surface area contributed by atoms with E-state index in [1.807, 2.05) is 24.3 Å². The molecular formula is C20H13N5O3S3. The maximum atomic E-state index is 12.5. The second-order valence-corrected chi connectivity index (χ2v) is 9.16. The number of aromatic nitrogens is 3. The number of fused-ring (bicyclic) bond motifs is 2. The minimum atomic E-state index is -0.452. The van der Waals surface area contributed by atoms with Crippen LogP contribution in [0.25, 0.3) is 16.6 Å². The van der Waals surface area contributed by atoms with Crippen molar-refractivity contribution >= 4 is 63.7 Å². The first-order valence-corrected chi connectivity index (χ1v) is 11.3. The van der Waals surface area contributed by atoms with Crippen LogP contribution in [0.5, 0.6) is 5.88 Å². The van der Waals surface area contributed by atoms with Gasteiger partial charge >= 0.3 is 0 Å². The number of nitrogens with zero attached hydrogens (tertiary/aromatic N) is 3. The van der Waals surface area contributed by atoms with Crippen molar-refractivity contribution in [2.75, 3.05) is 11.2 Å². The number of aromatic hydroxyl groups is 1. The third-order valence-electron chi connectivity index (χ3n) is 4.57. The number of para-hydroxylation sites is 3. The van der Waals surface area contributed by atoms with Gasteiger partial charge in [-0.05, 0) is 30.4 Å². The van der Waals surface area contributed by atoms with Gasteiger partial charge in [-0.15, -0.1) is 0 Å². The fourth-order valence-corrected chi connectivity index (χ4v) is 5.14. The number of carbonyl (C=O) groups is 2. The number of benzene rings is 2. The van der Waals surface area contributed by atoms with E-state index in [0.29, 0.717) is 15.7 Å². The highest BCUT2D eigenvalue weighted by molar-refractivity contribution is 7.99. The summed E-state index contributed by atoms with van der Waals surface area (Å²) in [5, 5.41) is 12.5. The van der Waals surface area contributed by atoms with E-state index in [2.05, 4.69) is 20.4 Å². The average molecular weight is 468 g/mol. The van der Waals surface area contributed by atoms with Crippen molar-refractivity contribution in [3.63, 3.8) is 0 Å². The number of aromatic amines is 1. The van der Waals surface area contributed by atoms with Gasteiger partial charge < -0.3 is 10.1 Å². The Bertz CT molecular complexity index is 1520. The predicted molar refractivity (Wildman–Crippen MR) is 121 cm³/mol. The molecule has 2 aromatic heterocycles. The highest BCUT2D eigenvalue weighted by Gasteiger charge is 2.25. The number of amides is 2. The molecule has 2 aromatic carbocycles. The first kappa shape index (κ1) is 19.7. The lowest BCUT2D eigenvalue weighted by Gasteiger charge is -2.07. The maximum absolute atomic E-state index is 12.5. The van der Waals surface area contributed by atoms with Crippen molar-refractivity contribution in [1.82, 2.24) is 14.6 Å². The summed E-state index contributed by atoms with van der Waals surface area (Å²) in [5.74, 6) is -1.08. The molecule has 4 aromatic rings. The molecule has 154 valence electrons. The largest absolute Gasteiger partial charge is 0.492 e. The topological polar surface area (TPSA) is 112 Å². The van der Waals surface area contributed by atoms with E-state index in [9.17, 15) is 14.7 Å². The van der Waals surface area contributed by atoms with Crippen LogP contribution in [0, 0.1) is 3.95 Å². The quantitative estimate of drug-likeness (QED) is 0.306. The van der Waals surface area contributed by atoms with E-state index in [0.717, 1.165) is 27.0 Å². The monoisotopic (exact) mass is 467 g/mol. The van der Waals surface area contributed by atoms with Gasteiger partial charge in [0.1, 0.15) is 4.88 Å². The van der Waals surface area contributed by atoms with Crippen LogP contribution in [0.4, 0.5) is 0 Å². The number of carbonyl (C=O) groups excluding carboxylic acids is 2. The normalized spacial score (nSPS) is 12.8. The highest BCUT2D eigenvalue weighted by Crippen LogP contribution is 2.31. The van der Waals surface area contributed by atoms with Gasteiger partial charge in [-0.3, -0.25) is 15.0 Å². The number of H-pyrrole nitrogens is 1. The summed E-state index contributed by atoms with van der Waals surface area (Å²) in [6, 6.07) is 14.6. The van der Waals surface area contributed by atoms with E-state index in [1.54, 1.807) is 24.3 Å². The molecule has 0 spiro atoms. The average Bonchev–Trinajstić information content (AvgIpc) is 3.40. The van der Waals surface area contributed by atoms with E-state index < -0.39 is 5.91 Å². The fourth-order valence-electron chi connectivity index (χ4n) is 3.20. The third kappa shape index (κ3) is 3.56. The molecule has 0 saturated carbocycles. The van der Waals surface area contributed by atoms with Crippen molar-refractivity contribution in [3.8, 4) is 5.88 Å². The molecule has 0 fully saturated rings. The van der Waals surface area contributed by atoms with Gasteiger partial charge in [0, 0.05) is 5.22 Å². The van der Waals surface area contributed by atoms with Crippen LogP contribution in [0.3, 0.4) is 0 Å². The minimum Gasteiger partial charge on any atom is -0.492 e. The maximum Gasteiger partial charge on any atom is 0.279 e. The summed E-state index contributed by atoms with van der Waals surface area (Å²) in [7, 11) is 0. The zero-order valence-electron chi connectivity index (χ0n) is 15.7. The summed E-state index contributed by atoms with van der Waals surface area (Å²) in [6.07, 6.45) is 0. The number of thioether (sulfide) groups is 1. The van der Waals surface area contributed by atoms with E-state index in [-0.39, 0.29) is 31.9 Å². The van der Waals surface area contributed by atoms with Crippen LogP contribution in [0.1, 0.15) is 4.88 Å². The van der Waals surface area contributed by atoms with E-state index in [1.165, 1.54) is 11.8 Å². The molecule has 1 aliphatic heterocycles. The Hall–Kier alpha value is -3.28. The Morgan fingerprint density at radius 3 is 2.84 bits per heavy atom. The van der Waals surface area contributed by atoms with Crippen molar-refractivity contribution in [2.45, 2.75) is 5.16 Å². The summed E-state index contributed by atoms with van der Waals surface area (Å²) in [4.78, 5) is 36.7. The number of rotatable bonds is 5. The second kappa shape index (κ2) is 7.76. The summed E-state index contributed by atoms with van der Waals surface area (Å²) in [6.45, 7) is 0. The molecule has 11 heteroatoms. The zero-order valence-corrected chi connectivity index (χ0v) is 18.1. The molecule has 5 rings (SSSR count). The number of imidazole rings is 1. The molecular weight excluding hydrogens is 454 g/mol. The summed E-state index contributed by atoms with van der Waals surface area (Å²) < 4.78 is 1.32. The van der Waals surface area contributed by atoms with Crippen LogP contribution in [0.2, 0.25) is 0 Å². The van der Waals surface area contributed by atoms with Crippen LogP contribution in [0.15, 0.2) is 58.7 Å². The predicted octanol–water partition coefficient (Wildman–Crippen LogP) is 2.08. The molecule has 1 aliphatic rings. The zero-order chi connectivity index (χ0) is 21.5. The smallest absolute Gasteiger partial charge is 0.279 e. The van der Waals surface area contributed by atoms with Crippen LogP contribution in [-0.4, -0.2) is 37.3 Å². The van der Waals surface area contributed by atoms with Crippen molar-refractivity contribution in [1.29, 1.82) is 0 Å².